The van der Waals surface area contributed by atoms with Gasteiger partial charge in [0.05, 0.1) is 42.0 Å². The molecule has 0 aromatic heterocycles. The largest absolute Gasteiger partial charge is 0.465 e. The standard InChI is InChI=1S/C33H34N4O6.C2H6/c1-4-26-30(39)35-25-14-22-21(15-27(25)37(26)18(2)19-7-11-43-12-8-19)28-16-33(9-10-36(28)31(22)40)23-13-20(32(41)42-3)5-6-24(23)34-17-29(33)38;1-2/h4-6,13-15,19,28,34H,2,7-12,16-17H2,1,3H3,(H,35,39);1-2H3/b26-4-;. The average Bonchev–Trinajstić information content (AvgIpc) is 3.34. The van der Waals surface area contributed by atoms with Crippen molar-refractivity contribution in [2.24, 2.45) is 5.92 Å². The van der Waals surface area contributed by atoms with Gasteiger partial charge in [-0.25, -0.2) is 4.79 Å². The van der Waals surface area contributed by atoms with E-state index in [1.54, 1.807) is 24.3 Å². The Morgan fingerprint density at radius 1 is 1.11 bits per heavy atom. The molecule has 5 aliphatic heterocycles. The Hall–Kier alpha value is -4.44. The molecular weight excluding hydrogens is 572 g/mol. The van der Waals surface area contributed by atoms with E-state index in [1.807, 2.05) is 42.7 Å². The van der Waals surface area contributed by atoms with E-state index in [2.05, 4.69) is 17.2 Å². The predicted molar refractivity (Wildman–Crippen MR) is 171 cm³/mol. The molecule has 5 heterocycles. The van der Waals surface area contributed by atoms with E-state index in [4.69, 9.17) is 9.47 Å². The lowest BCUT2D eigenvalue weighted by molar-refractivity contribution is -0.125. The highest BCUT2D eigenvalue weighted by Crippen LogP contribution is 2.54. The summed E-state index contributed by atoms with van der Waals surface area (Å²) >= 11 is 0. The molecule has 45 heavy (non-hydrogen) atoms. The van der Waals surface area contributed by atoms with Crippen LogP contribution in [0.1, 0.15) is 84.3 Å². The molecule has 2 saturated heterocycles. The first-order valence-corrected chi connectivity index (χ1v) is 15.8. The minimum Gasteiger partial charge on any atom is -0.465 e. The molecule has 2 aromatic rings. The van der Waals surface area contributed by atoms with Crippen molar-refractivity contribution < 1.29 is 28.7 Å². The van der Waals surface area contributed by atoms with Crippen LogP contribution in [0, 0.1) is 5.92 Å². The van der Waals surface area contributed by atoms with Crippen LogP contribution in [0.3, 0.4) is 0 Å². The van der Waals surface area contributed by atoms with Crippen LogP contribution in [-0.4, -0.2) is 61.9 Å². The van der Waals surface area contributed by atoms with E-state index >= 15 is 0 Å². The highest BCUT2D eigenvalue weighted by molar-refractivity contribution is 6.14. The zero-order chi connectivity index (χ0) is 32.0. The van der Waals surface area contributed by atoms with Crippen molar-refractivity contribution in [2.45, 2.75) is 57.9 Å². The molecule has 2 aromatic carbocycles. The number of piperidine rings is 1. The number of rotatable bonds is 3. The van der Waals surface area contributed by atoms with E-state index in [1.165, 1.54) is 7.11 Å². The average molecular weight is 613 g/mol. The highest BCUT2D eigenvalue weighted by atomic mass is 16.5. The Morgan fingerprint density at radius 3 is 2.58 bits per heavy atom. The van der Waals surface area contributed by atoms with Crippen molar-refractivity contribution in [3.8, 4) is 0 Å². The van der Waals surface area contributed by atoms with Crippen molar-refractivity contribution in [3.05, 3.63) is 76.6 Å². The van der Waals surface area contributed by atoms with Crippen molar-refractivity contribution in [2.75, 3.05) is 48.9 Å². The molecule has 236 valence electrons. The van der Waals surface area contributed by atoms with Crippen LogP contribution < -0.4 is 15.5 Å². The SMILES string of the molecule is C=C(C1CCOCC1)N1/C(=C\C)C(=O)Nc2cc3c(cc21)C1CC2(CCN1C3=O)C(=O)CNc1ccc(C(=O)OC)cc12.CC. The summed E-state index contributed by atoms with van der Waals surface area (Å²) < 4.78 is 10.5. The van der Waals surface area contributed by atoms with Crippen molar-refractivity contribution >= 4 is 40.6 Å². The highest BCUT2D eigenvalue weighted by Gasteiger charge is 2.53. The number of amides is 2. The maximum Gasteiger partial charge on any atom is 0.337 e. The number of anilines is 3. The molecule has 2 fully saturated rings. The van der Waals surface area contributed by atoms with E-state index < -0.39 is 11.4 Å². The van der Waals surface area contributed by atoms with Crippen molar-refractivity contribution in [3.63, 3.8) is 0 Å². The first-order chi connectivity index (χ1) is 21.8. The minimum atomic E-state index is -0.863. The number of methoxy groups -OCH3 is 1. The summed E-state index contributed by atoms with van der Waals surface area (Å²) in [5.41, 5.74) is 5.11. The monoisotopic (exact) mass is 612 g/mol. The molecule has 0 aliphatic carbocycles. The predicted octanol–water partition coefficient (Wildman–Crippen LogP) is 5.33. The Balaban J connectivity index is 0.00000175. The molecule has 10 nitrogen and oxygen atoms in total. The van der Waals surface area contributed by atoms with Crippen molar-refractivity contribution in [1.82, 2.24) is 4.90 Å². The lowest BCUT2D eigenvalue weighted by atomic mass is 9.65. The van der Waals surface area contributed by atoms with Gasteiger partial charge >= 0.3 is 5.97 Å². The van der Waals surface area contributed by atoms with E-state index in [-0.39, 0.29) is 36.1 Å². The number of hydrogen-bond acceptors (Lipinski definition) is 8. The van der Waals surface area contributed by atoms with Crippen LogP contribution in [0.15, 0.2) is 54.4 Å². The van der Waals surface area contributed by atoms with E-state index in [0.717, 1.165) is 41.0 Å². The number of fused-ring (bicyclic) bond motifs is 6. The zero-order valence-corrected chi connectivity index (χ0v) is 26.3. The quantitative estimate of drug-likeness (QED) is 0.353. The summed E-state index contributed by atoms with van der Waals surface area (Å²) in [6.07, 6.45) is 4.26. The van der Waals surface area contributed by atoms with Gasteiger partial charge in [0.1, 0.15) is 5.70 Å². The second kappa shape index (κ2) is 11.8. The Kier molecular flexibility index (Phi) is 8.03. The normalized spacial score (nSPS) is 24.5. The summed E-state index contributed by atoms with van der Waals surface area (Å²) in [5.74, 6) is -0.627. The Bertz CT molecular complexity index is 1640. The van der Waals surface area contributed by atoms with Gasteiger partial charge in [0.2, 0.25) is 0 Å². The fraction of sp³-hybridized carbons (Fsp3) is 0.429. The smallest absolute Gasteiger partial charge is 0.337 e. The van der Waals surface area contributed by atoms with Crippen LogP contribution in [0.25, 0.3) is 0 Å². The lowest BCUT2D eigenvalue weighted by Crippen LogP contribution is -2.52. The van der Waals surface area contributed by atoms with Gasteiger partial charge in [0.25, 0.3) is 11.8 Å². The molecule has 10 heteroatoms. The lowest BCUT2D eigenvalue weighted by Gasteiger charge is -2.46. The number of ether oxygens (including phenoxy) is 2. The summed E-state index contributed by atoms with van der Waals surface area (Å²) in [6, 6.07) is 8.72. The number of hydrogen-bond donors (Lipinski definition) is 2. The Morgan fingerprint density at radius 2 is 1.87 bits per heavy atom. The number of carbonyl (C=O) groups is 4. The van der Waals surface area contributed by atoms with Crippen LogP contribution in [0.5, 0.6) is 0 Å². The number of allylic oxidation sites excluding steroid dienone is 2. The number of ketones is 1. The summed E-state index contributed by atoms with van der Waals surface area (Å²) in [5, 5.41) is 6.20. The third-order valence-electron chi connectivity index (χ3n) is 9.86. The summed E-state index contributed by atoms with van der Waals surface area (Å²) in [6.45, 7) is 12.1. The topological polar surface area (TPSA) is 117 Å². The number of Topliss-reactive ketones (excluding diaryl/α,β-unsaturated/α-hetero) is 1. The maximum absolute atomic E-state index is 13.8. The molecule has 2 amide bonds. The van der Waals surface area contributed by atoms with Crippen LogP contribution in [0.2, 0.25) is 0 Å². The van der Waals surface area contributed by atoms with Gasteiger partial charge in [-0.2, -0.15) is 0 Å². The molecule has 0 radical (unpaired) electrons. The van der Waals surface area contributed by atoms with Gasteiger partial charge in [-0.05, 0) is 74.1 Å². The van der Waals surface area contributed by atoms with Gasteiger partial charge in [0.15, 0.2) is 5.78 Å². The van der Waals surface area contributed by atoms with Gasteiger partial charge in [-0.1, -0.05) is 26.5 Å². The number of carbonyl (C=O) groups excluding carboxylic acids is 4. The second-order valence-corrected chi connectivity index (χ2v) is 11.9. The fourth-order valence-electron chi connectivity index (χ4n) is 7.57. The Labute approximate surface area is 263 Å². The number of nitrogens with one attached hydrogen (secondary N) is 2. The van der Waals surface area contributed by atoms with Crippen LogP contribution in [-0.2, 0) is 24.5 Å². The van der Waals surface area contributed by atoms with Gasteiger partial charge in [0, 0.05) is 42.6 Å². The van der Waals surface area contributed by atoms with Gasteiger partial charge in [-0.15, -0.1) is 0 Å². The summed E-state index contributed by atoms with van der Waals surface area (Å²) in [7, 11) is 1.34. The first-order valence-electron chi connectivity index (χ1n) is 15.8. The van der Waals surface area contributed by atoms with Crippen LogP contribution >= 0.6 is 0 Å². The van der Waals surface area contributed by atoms with Crippen molar-refractivity contribution in [1.29, 1.82) is 0 Å². The number of benzene rings is 2. The molecule has 2 N–H and O–H groups in total. The molecule has 5 aliphatic rings. The van der Waals surface area contributed by atoms with E-state index in [0.29, 0.717) is 55.1 Å². The van der Waals surface area contributed by atoms with E-state index in [9.17, 15) is 19.2 Å². The second-order valence-electron chi connectivity index (χ2n) is 11.9. The molecule has 7 rings (SSSR count). The van der Waals surface area contributed by atoms with Gasteiger partial charge in [-0.3, -0.25) is 14.4 Å². The third kappa shape index (κ3) is 4.74. The molecule has 0 saturated carbocycles. The molecule has 0 bridgehead atoms. The fourth-order valence-corrected chi connectivity index (χ4v) is 7.57. The first kappa shape index (κ1) is 30.6. The molecular formula is C35H40N4O6. The molecule has 2 atom stereocenters. The minimum absolute atomic E-state index is 0.0403. The molecule has 1 spiro atoms. The summed E-state index contributed by atoms with van der Waals surface area (Å²) in [4.78, 5) is 56.9. The van der Waals surface area contributed by atoms with Gasteiger partial charge < -0.3 is 29.9 Å². The zero-order valence-electron chi connectivity index (χ0n) is 26.3. The number of esters is 1. The number of nitrogens with zero attached hydrogens (tertiary/aromatic N) is 2. The molecule has 2 unspecified atom stereocenters. The third-order valence-corrected chi connectivity index (χ3v) is 9.86. The van der Waals surface area contributed by atoms with Crippen LogP contribution in [0.4, 0.5) is 17.1 Å². The maximum atomic E-state index is 13.8.